The number of nitriles is 1. The molecule has 1 rings (SSSR count). The number of hydrogen-bond donors (Lipinski definition) is 1. The Morgan fingerprint density at radius 2 is 2.17 bits per heavy atom. The fourth-order valence-corrected chi connectivity index (χ4v) is 3.16. The standard InChI is InChI=1S/C11H10ClNO4S/c1-2-7(6-13)18(16,17)8-3-4-9(11(14)15)10(12)5-8/h3-5,7H,2H2,1H3,(H,14,15). The molecule has 0 aliphatic carbocycles. The van der Waals surface area contributed by atoms with Crippen LogP contribution in [0.5, 0.6) is 0 Å². The van der Waals surface area contributed by atoms with Gasteiger partial charge in [-0.25, -0.2) is 13.2 Å². The second-order valence-electron chi connectivity index (χ2n) is 3.52. The number of rotatable bonds is 4. The molecule has 1 aromatic carbocycles. The second kappa shape index (κ2) is 5.38. The summed E-state index contributed by atoms with van der Waals surface area (Å²) < 4.78 is 24.0. The minimum absolute atomic E-state index is 0.147. The highest BCUT2D eigenvalue weighted by Crippen LogP contribution is 2.24. The number of halogens is 1. The van der Waals surface area contributed by atoms with E-state index in [0.29, 0.717) is 0 Å². The molecule has 0 heterocycles. The van der Waals surface area contributed by atoms with Crippen LogP contribution in [0.15, 0.2) is 23.1 Å². The molecule has 0 spiro atoms. The van der Waals surface area contributed by atoms with E-state index in [2.05, 4.69) is 0 Å². The fourth-order valence-electron chi connectivity index (χ4n) is 1.39. The highest BCUT2D eigenvalue weighted by molar-refractivity contribution is 7.92. The number of aromatic carboxylic acids is 1. The van der Waals surface area contributed by atoms with E-state index in [0.717, 1.165) is 18.2 Å². The Labute approximate surface area is 110 Å². The topological polar surface area (TPSA) is 95.2 Å². The zero-order chi connectivity index (χ0) is 13.9. The van der Waals surface area contributed by atoms with E-state index >= 15 is 0 Å². The number of nitrogens with zero attached hydrogens (tertiary/aromatic N) is 1. The molecule has 0 aliphatic heterocycles. The Bertz CT molecular complexity index is 618. The van der Waals surface area contributed by atoms with Crippen LogP contribution in [0.1, 0.15) is 23.7 Å². The van der Waals surface area contributed by atoms with Gasteiger partial charge >= 0.3 is 5.97 Å². The van der Waals surface area contributed by atoms with Gasteiger partial charge in [-0.2, -0.15) is 5.26 Å². The first-order valence-corrected chi connectivity index (χ1v) is 6.93. The Balaban J connectivity index is 3.33. The first-order valence-electron chi connectivity index (χ1n) is 5.01. The Morgan fingerprint density at radius 1 is 1.56 bits per heavy atom. The van der Waals surface area contributed by atoms with E-state index < -0.39 is 21.1 Å². The number of hydrogen-bond acceptors (Lipinski definition) is 4. The maximum Gasteiger partial charge on any atom is 0.337 e. The molecule has 0 saturated carbocycles. The lowest BCUT2D eigenvalue weighted by Crippen LogP contribution is -2.19. The molecule has 0 bridgehead atoms. The van der Waals surface area contributed by atoms with Crippen molar-refractivity contribution in [3.63, 3.8) is 0 Å². The third-order valence-electron chi connectivity index (χ3n) is 2.39. The van der Waals surface area contributed by atoms with Crippen LogP contribution >= 0.6 is 11.6 Å². The first-order chi connectivity index (χ1) is 8.34. The molecule has 1 N–H and O–H groups in total. The van der Waals surface area contributed by atoms with Gasteiger partial charge in [0.05, 0.1) is 21.6 Å². The summed E-state index contributed by atoms with van der Waals surface area (Å²) in [6.45, 7) is 1.58. The maximum atomic E-state index is 12.0. The molecule has 0 amide bonds. The van der Waals surface area contributed by atoms with Crippen molar-refractivity contribution < 1.29 is 18.3 Å². The summed E-state index contributed by atoms with van der Waals surface area (Å²) in [5.41, 5.74) is -0.180. The highest BCUT2D eigenvalue weighted by Gasteiger charge is 2.26. The third-order valence-corrected chi connectivity index (χ3v) is 4.80. The average Bonchev–Trinajstić information content (AvgIpc) is 2.29. The highest BCUT2D eigenvalue weighted by atomic mass is 35.5. The number of sulfone groups is 1. The van der Waals surface area contributed by atoms with Crippen molar-refractivity contribution in [2.24, 2.45) is 0 Å². The predicted molar refractivity (Wildman–Crippen MR) is 65.3 cm³/mol. The average molecular weight is 288 g/mol. The van der Waals surface area contributed by atoms with E-state index in [1.165, 1.54) is 0 Å². The van der Waals surface area contributed by atoms with Crippen molar-refractivity contribution >= 4 is 27.4 Å². The molecule has 1 unspecified atom stereocenters. The lowest BCUT2D eigenvalue weighted by atomic mass is 10.2. The Hall–Kier alpha value is -1.58. The summed E-state index contributed by atoms with van der Waals surface area (Å²) in [6.07, 6.45) is 0.150. The number of benzene rings is 1. The van der Waals surface area contributed by atoms with Gasteiger partial charge in [0.15, 0.2) is 15.1 Å². The minimum Gasteiger partial charge on any atom is -0.478 e. The van der Waals surface area contributed by atoms with Gasteiger partial charge in [0, 0.05) is 0 Å². The van der Waals surface area contributed by atoms with Gasteiger partial charge in [0.1, 0.15) is 0 Å². The van der Waals surface area contributed by atoms with Crippen LogP contribution in [-0.2, 0) is 9.84 Å². The predicted octanol–water partition coefficient (Wildman–Crippen LogP) is 2.11. The van der Waals surface area contributed by atoms with Crippen LogP contribution in [0.4, 0.5) is 0 Å². The largest absolute Gasteiger partial charge is 0.478 e. The molecule has 7 heteroatoms. The smallest absolute Gasteiger partial charge is 0.337 e. The second-order valence-corrected chi connectivity index (χ2v) is 6.06. The summed E-state index contributed by atoms with van der Waals surface area (Å²) in [4.78, 5) is 10.6. The summed E-state index contributed by atoms with van der Waals surface area (Å²) in [7, 11) is -3.80. The van der Waals surface area contributed by atoms with Crippen molar-refractivity contribution in [1.29, 1.82) is 5.26 Å². The van der Waals surface area contributed by atoms with E-state index in [1.807, 2.05) is 0 Å². The minimum atomic E-state index is -3.80. The van der Waals surface area contributed by atoms with Crippen LogP contribution in [0, 0.1) is 11.3 Å². The molecule has 0 fully saturated rings. The SMILES string of the molecule is CCC(C#N)S(=O)(=O)c1ccc(C(=O)O)c(Cl)c1. The molecule has 0 aromatic heterocycles. The van der Waals surface area contributed by atoms with E-state index in [9.17, 15) is 13.2 Å². The summed E-state index contributed by atoms with van der Waals surface area (Å²) in [5, 5.41) is 16.2. The number of carboxylic acid groups (broad SMARTS) is 1. The molecule has 5 nitrogen and oxygen atoms in total. The van der Waals surface area contributed by atoms with Crippen molar-refractivity contribution in [1.82, 2.24) is 0 Å². The van der Waals surface area contributed by atoms with Gasteiger partial charge in [-0.3, -0.25) is 0 Å². The zero-order valence-corrected chi connectivity index (χ0v) is 11.0. The molecule has 18 heavy (non-hydrogen) atoms. The van der Waals surface area contributed by atoms with Crippen molar-refractivity contribution in [2.45, 2.75) is 23.5 Å². The maximum absolute atomic E-state index is 12.0. The molecule has 96 valence electrons. The molecular formula is C11H10ClNO4S. The molecule has 1 atom stereocenters. The van der Waals surface area contributed by atoms with Gasteiger partial charge < -0.3 is 5.11 Å². The fraction of sp³-hybridized carbons (Fsp3) is 0.273. The number of carboxylic acids is 1. The van der Waals surface area contributed by atoms with Crippen LogP contribution < -0.4 is 0 Å². The Morgan fingerprint density at radius 3 is 2.56 bits per heavy atom. The van der Waals surface area contributed by atoms with Gasteiger partial charge in [0.25, 0.3) is 0 Å². The van der Waals surface area contributed by atoms with E-state index in [-0.39, 0.29) is 21.9 Å². The van der Waals surface area contributed by atoms with Gasteiger partial charge in [-0.05, 0) is 24.6 Å². The zero-order valence-electron chi connectivity index (χ0n) is 9.42. The molecule has 0 aliphatic rings. The van der Waals surface area contributed by atoms with E-state index in [1.54, 1.807) is 13.0 Å². The molecular weight excluding hydrogens is 278 g/mol. The molecule has 1 aromatic rings. The summed E-state index contributed by atoms with van der Waals surface area (Å²) >= 11 is 5.69. The van der Waals surface area contributed by atoms with E-state index in [4.69, 9.17) is 22.0 Å². The van der Waals surface area contributed by atoms with Gasteiger partial charge in [0.2, 0.25) is 0 Å². The Kier molecular flexibility index (Phi) is 4.33. The van der Waals surface area contributed by atoms with Gasteiger partial charge in [-0.1, -0.05) is 18.5 Å². The lowest BCUT2D eigenvalue weighted by Gasteiger charge is -2.09. The van der Waals surface area contributed by atoms with Crippen molar-refractivity contribution in [3.05, 3.63) is 28.8 Å². The lowest BCUT2D eigenvalue weighted by molar-refractivity contribution is 0.0697. The summed E-state index contributed by atoms with van der Waals surface area (Å²) in [6, 6.07) is 5.01. The van der Waals surface area contributed by atoms with Gasteiger partial charge in [-0.15, -0.1) is 0 Å². The van der Waals surface area contributed by atoms with Crippen LogP contribution in [0.25, 0.3) is 0 Å². The normalized spacial score (nSPS) is 12.7. The first kappa shape index (κ1) is 14.5. The third kappa shape index (κ3) is 2.63. The number of carbonyl (C=O) groups is 1. The van der Waals surface area contributed by atoms with Crippen molar-refractivity contribution in [2.75, 3.05) is 0 Å². The van der Waals surface area contributed by atoms with Crippen molar-refractivity contribution in [3.8, 4) is 6.07 Å². The van der Waals surface area contributed by atoms with Crippen LogP contribution in [-0.4, -0.2) is 24.7 Å². The quantitative estimate of drug-likeness (QED) is 0.915. The molecule has 0 radical (unpaired) electrons. The van der Waals surface area contributed by atoms with Crippen LogP contribution in [0.3, 0.4) is 0 Å². The monoisotopic (exact) mass is 287 g/mol. The summed E-state index contributed by atoms with van der Waals surface area (Å²) in [5.74, 6) is -1.24. The molecule has 0 saturated heterocycles. The van der Waals surface area contributed by atoms with Crippen LogP contribution in [0.2, 0.25) is 5.02 Å².